The van der Waals surface area contributed by atoms with Crippen molar-refractivity contribution in [2.24, 2.45) is 5.92 Å². The van der Waals surface area contributed by atoms with Crippen molar-refractivity contribution in [2.45, 2.75) is 19.8 Å². The van der Waals surface area contributed by atoms with E-state index in [1.807, 2.05) is 12.6 Å². The second-order valence-corrected chi connectivity index (χ2v) is 5.52. The minimum atomic E-state index is 0.610. The fourth-order valence-corrected chi connectivity index (χ4v) is 2.88. The van der Waals surface area contributed by atoms with Crippen LogP contribution in [0.3, 0.4) is 0 Å². The monoisotopic (exact) mass is 260 g/mol. The minimum absolute atomic E-state index is 0.610. The van der Waals surface area contributed by atoms with E-state index < -0.39 is 0 Å². The van der Waals surface area contributed by atoms with Crippen LogP contribution < -0.4 is 5.32 Å². The van der Waals surface area contributed by atoms with Gasteiger partial charge in [-0.2, -0.15) is 0 Å². The van der Waals surface area contributed by atoms with E-state index >= 15 is 0 Å². The molecule has 0 spiro atoms. The largest absolute Gasteiger partial charge is 0.319 e. The number of aromatic nitrogens is 1. The van der Waals surface area contributed by atoms with Crippen LogP contribution in [-0.4, -0.2) is 18.6 Å². The third kappa shape index (κ3) is 3.93. The molecule has 1 aromatic heterocycles. The van der Waals surface area contributed by atoms with Crippen molar-refractivity contribution in [3.63, 3.8) is 0 Å². The molecule has 2 nitrogen and oxygen atoms in total. The fourth-order valence-electron chi connectivity index (χ4n) is 2.31. The molecule has 0 saturated carbocycles. The maximum atomic E-state index is 4.39. The van der Waals surface area contributed by atoms with Crippen molar-refractivity contribution >= 4 is 11.3 Å². The maximum Gasteiger partial charge on any atom is 0.0794 e. The number of aryl methyl sites for hydroxylation is 1. The number of rotatable bonds is 6. The topological polar surface area (TPSA) is 24.9 Å². The number of nitrogens with zero attached hydrogens (tertiary/aromatic N) is 1. The van der Waals surface area contributed by atoms with E-state index in [4.69, 9.17) is 0 Å². The van der Waals surface area contributed by atoms with Crippen LogP contribution in [0.25, 0.3) is 0 Å². The van der Waals surface area contributed by atoms with Crippen molar-refractivity contribution in [1.82, 2.24) is 10.3 Å². The minimum Gasteiger partial charge on any atom is -0.319 e. The summed E-state index contributed by atoms with van der Waals surface area (Å²) < 4.78 is 0. The van der Waals surface area contributed by atoms with E-state index in [2.05, 4.69) is 46.9 Å². The smallest absolute Gasteiger partial charge is 0.0794 e. The molecule has 0 aliphatic heterocycles. The van der Waals surface area contributed by atoms with E-state index in [-0.39, 0.29) is 0 Å². The van der Waals surface area contributed by atoms with E-state index in [0.717, 1.165) is 19.4 Å². The number of thiazole rings is 1. The van der Waals surface area contributed by atoms with Crippen LogP contribution in [-0.2, 0) is 12.8 Å². The summed E-state index contributed by atoms with van der Waals surface area (Å²) in [5.74, 6) is 0.610. The van der Waals surface area contributed by atoms with Gasteiger partial charge in [0.05, 0.1) is 11.2 Å². The fraction of sp³-hybridized carbons (Fsp3) is 0.400. The third-order valence-electron chi connectivity index (χ3n) is 3.08. The molecule has 0 aliphatic rings. The molecule has 96 valence electrons. The van der Waals surface area contributed by atoms with Crippen molar-refractivity contribution in [3.05, 3.63) is 52.0 Å². The van der Waals surface area contributed by atoms with Gasteiger partial charge in [0.2, 0.25) is 0 Å². The molecule has 0 radical (unpaired) electrons. The highest BCUT2D eigenvalue weighted by molar-refractivity contribution is 7.07. The Hall–Kier alpha value is -1.19. The first-order chi connectivity index (χ1) is 8.78. The number of hydrogen-bond donors (Lipinski definition) is 1. The summed E-state index contributed by atoms with van der Waals surface area (Å²) in [6.45, 7) is 3.18. The Morgan fingerprint density at radius 1 is 1.33 bits per heavy atom. The Morgan fingerprint density at radius 3 is 2.89 bits per heavy atom. The first kappa shape index (κ1) is 13.2. The van der Waals surface area contributed by atoms with Crippen LogP contribution >= 0.6 is 11.3 Å². The van der Waals surface area contributed by atoms with Crippen LogP contribution in [0.4, 0.5) is 0 Å². The van der Waals surface area contributed by atoms with Crippen molar-refractivity contribution in [2.75, 3.05) is 13.6 Å². The summed E-state index contributed by atoms with van der Waals surface area (Å²) in [7, 11) is 2.02. The number of benzene rings is 1. The predicted molar refractivity (Wildman–Crippen MR) is 78.1 cm³/mol. The van der Waals surface area contributed by atoms with Gasteiger partial charge in [-0.25, -0.2) is 4.98 Å². The zero-order valence-electron chi connectivity index (χ0n) is 11.0. The molecule has 0 amide bonds. The summed E-state index contributed by atoms with van der Waals surface area (Å²) in [5.41, 5.74) is 5.89. The first-order valence-electron chi connectivity index (χ1n) is 6.35. The van der Waals surface area contributed by atoms with Crippen LogP contribution in [0, 0.1) is 12.8 Å². The molecule has 1 aromatic carbocycles. The second kappa shape index (κ2) is 6.66. The lowest BCUT2D eigenvalue weighted by atomic mass is 9.94. The Bertz CT molecular complexity index is 465. The Labute approximate surface area is 113 Å². The summed E-state index contributed by atoms with van der Waals surface area (Å²) in [6.07, 6.45) is 2.17. The maximum absolute atomic E-state index is 4.39. The average molecular weight is 260 g/mol. The molecule has 1 heterocycles. The van der Waals surface area contributed by atoms with Crippen LogP contribution in [0.1, 0.15) is 16.8 Å². The molecule has 1 N–H and O–H groups in total. The number of hydrogen-bond acceptors (Lipinski definition) is 3. The van der Waals surface area contributed by atoms with Gasteiger partial charge < -0.3 is 5.32 Å². The molecule has 0 saturated heterocycles. The lowest BCUT2D eigenvalue weighted by Gasteiger charge is -2.15. The molecule has 0 fully saturated rings. The highest BCUT2D eigenvalue weighted by Gasteiger charge is 2.11. The van der Waals surface area contributed by atoms with Gasteiger partial charge in [0.1, 0.15) is 0 Å². The van der Waals surface area contributed by atoms with Crippen molar-refractivity contribution in [3.8, 4) is 0 Å². The standard InChI is InChI=1S/C15H20N2S/c1-12-4-3-5-13(6-12)7-14(9-16-2)8-15-10-18-11-17-15/h3-6,10-11,14,16H,7-9H2,1-2H3. The van der Waals surface area contributed by atoms with Gasteiger partial charge in [0, 0.05) is 5.38 Å². The first-order valence-corrected chi connectivity index (χ1v) is 7.29. The summed E-state index contributed by atoms with van der Waals surface area (Å²) in [4.78, 5) is 4.39. The van der Waals surface area contributed by atoms with Gasteiger partial charge in [-0.3, -0.25) is 0 Å². The molecule has 0 bridgehead atoms. The molecule has 1 atom stereocenters. The Balaban J connectivity index is 2.01. The van der Waals surface area contributed by atoms with Gasteiger partial charge in [0.15, 0.2) is 0 Å². The van der Waals surface area contributed by atoms with Crippen LogP contribution in [0.15, 0.2) is 35.2 Å². The quantitative estimate of drug-likeness (QED) is 0.863. The van der Waals surface area contributed by atoms with E-state index in [0.29, 0.717) is 5.92 Å². The molecule has 3 heteroatoms. The number of nitrogens with one attached hydrogen (secondary N) is 1. The van der Waals surface area contributed by atoms with E-state index in [1.54, 1.807) is 11.3 Å². The van der Waals surface area contributed by atoms with Gasteiger partial charge in [-0.15, -0.1) is 11.3 Å². The van der Waals surface area contributed by atoms with Crippen LogP contribution in [0.5, 0.6) is 0 Å². The molecule has 2 rings (SSSR count). The zero-order chi connectivity index (χ0) is 12.8. The highest BCUT2D eigenvalue weighted by Crippen LogP contribution is 2.15. The van der Waals surface area contributed by atoms with Gasteiger partial charge in [-0.1, -0.05) is 29.8 Å². The molecule has 0 aliphatic carbocycles. The Morgan fingerprint density at radius 2 is 2.22 bits per heavy atom. The second-order valence-electron chi connectivity index (χ2n) is 4.80. The van der Waals surface area contributed by atoms with Gasteiger partial charge in [0.25, 0.3) is 0 Å². The average Bonchev–Trinajstić information content (AvgIpc) is 2.82. The molecule has 1 unspecified atom stereocenters. The van der Waals surface area contributed by atoms with E-state index in [1.165, 1.54) is 16.8 Å². The summed E-state index contributed by atoms with van der Waals surface area (Å²) in [6, 6.07) is 8.79. The van der Waals surface area contributed by atoms with Crippen molar-refractivity contribution < 1.29 is 0 Å². The molecular formula is C15H20N2S. The summed E-state index contributed by atoms with van der Waals surface area (Å²) in [5, 5.41) is 5.44. The Kier molecular flexibility index (Phi) is 4.90. The molecule has 2 aromatic rings. The molecule has 18 heavy (non-hydrogen) atoms. The van der Waals surface area contributed by atoms with Crippen LogP contribution in [0.2, 0.25) is 0 Å². The highest BCUT2D eigenvalue weighted by atomic mass is 32.1. The van der Waals surface area contributed by atoms with Gasteiger partial charge in [-0.05, 0) is 44.8 Å². The van der Waals surface area contributed by atoms with Gasteiger partial charge >= 0.3 is 0 Å². The SMILES string of the molecule is CNCC(Cc1cccc(C)c1)Cc1cscn1. The normalized spacial score (nSPS) is 12.6. The van der Waals surface area contributed by atoms with E-state index in [9.17, 15) is 0 Å². The lowest BCUT2D eigenvalue weighted by molar-refractivity contribution is 0.489. The zero-order valence-corrected chi connectivity index (χ0v) is 11.8. The predicted octanol–water partition coefficient (Wildman–Crippen LogP) is 3.07. The van der Waals surface area contributed by atoms with Crippen molar-refractivity contribution in [1.29, 1.82) is 0 Å². The lowest BCUT2D eigenvalue weighted by Crippen LogP contribution is -2.23. The molecular weight excluding hydrogens is 240 g/mol. The summed E-state index contributed by atoms with van der Waals surface area (Å²) >= 11 is 1.68. The third-order valence-corrected chi connectivity index (χ3v) is 3.72.